The molecule has 0 bridgehead atoms. The Kier molecular flexibility index (Phi) is 3.40. The molecule has 3 aliphatic rings. The first-order valence-corrected chi connectivity index (χ1v) is 8.00. The summed E-state index contributed by atoms with van der Waals surface area (Å²) < 4.78 is 11.0. The van der Waals surface area contributed by atoms with Crippen molar-refractivity contribution in [2.75, 3.05) is 0 Å². The summed E-state index contributed by atoms with van der Waals surface area (Å²) in [6.45, 7) is 9.23. The van der Waals surface area contributed by atoms with Gasteiger partial charge in [0.05, 0.1) is 5.92 Å². The van der Waals surface area contributed by atoms with Crippen LogP contribution in [0.2, 0.25) is 0 Å². The summed E-state index contributed by atoms with van der Waals surface area (Å²) in [6, 6.07) is 0. The van der Waals surface area contributed by atoms with Crippen LogP contribution in [0.1, 0.15) is 46.5 Å². The summed E-state index contributed by atoms with van der Waals surface area (Å²) in [5.41, 5.74) is -1.30. The van der Waals surface area contributed by atoms with E-state index in [0.29, 0.717) is 24.8 Å². The predicted octanol–water partition coefficient (Wildman–Crippen LogP) is 1.98. The fraction of sp³-hybridized carbons (Fsp3) is 0.765. The minimum Gasteiger partial charge on any atom is -0.462 e. The second-order valence-corrected chi connectivity index (χ2v) is 7.27. The zero-order valence-electron chi connectivity index (χ0n) is 13.4. The summed E-state index contributed by atoms with van der Waals surface area (Å²) in [5, 5.41) is 11.5. The van der Waals surface area contributed by atoms with Gasteiger partial charge >= 0.3 is 11.9 Å². The quantitative estimate of drug-likeness (QED) is 0.592. The van der Waals surface area contributed by atoms with Crippen LogP contribution in [0.5, 0.6) is 0 Å². The van der Waals surface area contributed by atoms with E-state index in [0.717, 1.165) is 6.42 Å². The first-order chi connectivity index (χ1) is 10.2. The molecule has 2 aliphatic carbocycles. The molecule has 0 spiro atoms. The van der Waals surface area contributed by atoms with Gasteiger partial charge in [0.1, 0.15) is 17.8 Å². The summed E-state index contributed by atoms with van der Waals surface area (Å²) >= 11 is 0. The van der Waals surface area contributed by atoms with E-state index in [1.54, 1.807) is 0 Å². The molecule has 122 valence electrons. The van der Waals surface area contributed by atoms with Crippen LogP contribution in [0.4, 0.5) is 0 Å². The van der Waals surface area contributed by atoms with Crippen LogP contribution < -0.4 is 0 Å². The molecule has 0 aromatic heterocycles. The minimum atomic E-state index is -1.32. The van der Waals surface area contributed by atoms with Crippen LogP contribution >= 0.6 is 0 Å². The van der Waals surface area contributed by atoms with Gasteiger partial charge in [-0.15, -0.1) is 0 Å². The van der Waals surface area contributed by atoms with E-state index < -0.39 is 17.1 Å². The monoisotopic (exact) mass is 308 g/mol. The van der Waals surface area contributed by atoms with Gasteiger partial charge in [-0.05, 0) is 31.3 Å². The first kappa shape index (κ1) is 15.5. The number of hydrogen-bond donors (Lipinski definition) is 1. The third kappa shape index (κ3) is 1.81. The average molecular weight is 308 g/mol. The SMILES string of the molecule is C=C1CC[C@@H](OC(C)=O)[C@]2(C)CC[C@H]3[C@H](C)C(=O)O[C@@H]3[C@@]12O. The van der Waals surface area contributed by atoms with Crippen LogP contribution in [0.15, 0.2) is 12.2 Å². The molecule has 3 fully saturated rings. The third-order valence-corrected chi connectivity index (χ3v) is 6.19. The molecule has 1 saturated heterocycles. The van der Waals surface area contributed by atoms with E-state index in [9.17, 15) is 14.7 Å². The number of carbonyl (C=O) groups is 2. The van der Waals surface area contributed by atoms with Crippen molar-refractivity contribution in [2.45, 2.75) is 64.3 Å². The lowest BCUT2D eigenvalue weighted by atomic mass is 9.51. The van der Waals surface area contributed by atoms with Crippen LogP contribution in [-0.2, 0) is 19.1 Å². The molecule has 22 heavy (non-hydrogen) atoms. The molecular weight excluding hydrogens is 284 g/mol. The van der Waals surface area contributed by atoms with Crippen molar-refractivity contribution in [3.8, 4) is 0 Å². The van der Waals surface area contributed by atoms with Gasteiger partial charge in [0.25, 0.3) is 0 Å². The van der Waals surface area contributed by atoms with Crippen LogP contribution in [-0.4, -0.2) is 34.9 Å². The molecule has 5 nitrogen and oxygen atoms in total. The lowest BCUT2D eigenvalue weighted by Gasteiger charge is -2.58. The standard InChI is InChI=1S/C17H24O5/c1-9-5-6-13(21-11(3)18)16(4)8-7-12-10(2)15(19)22-14(12)17(9,16)20/h10,12-14,20H,1,5-8H2,2-4H3/t10-,12-,13+,14-,16-,17-/m0/s1. The Hall–Kier alpha value is -1.36. The molecule has 1 aliphatic heterocycles. The maximum Gasteiger partial charge on any atom is 0.309 e. The highest BCUT2D eigenvalue weighted by molar-refractivity contribution is 5.75. The molecule has 0 radical (unpaired) electrons. The predicted molar refractivity (Wildman–Crippen MR) is 78.8 cm³/mol. The number of rotatable bonds is 1. The van der Waals surface area contributed by atoms with Crippen molar-refractivity contribution in [1.29, 1.82) is 0 Å². The fourth-order valence-electron chi connectivity index (χ4n) is 4.75. The Labute approximate surface area is 130 Å². The summed E-state index contributed by atoms with van der Waals surface area (Å²) in [5.74, 6) is -0.811. The molecule has 1 N–H and O–H groups in total. The van der Waals surface area contributed by atoms with Crippen molar-refractivity contribution in [3.63, 3.8) is 0 Å². The first-order valence-electron chi connectivity index (χ1n) is 8.00. The normalized spacial score (nSPS) is 47.5. The van der Waals surface area contributed by atoms with Crippen LogP contribution in [0, 0.1) is 17.3 Å². The van der Waals surface area contributed by atoms with E-state index >= 15 is 0 Å². The largest absolute Gasteiger partial charge is 0.462 e. The second kappa shape index (κ2) is 4.82. The number of esters is 2. The number of fused-ring (bicyclic) bond motifs is 3. The lowest BCUT2D eigenvalue weighted by molar-refractivity contribution is -0.224. The van der Waals surface area contributed by atoms with Gasteiger partial charge in [0.2, 0.25) is 0 Å². The van der Waals surface area contributed by atoms with Gasteiger partial charge in [-0.3, -0.25) is 9.59 Å². The summed E-state index contributed by atoms with van der Waals surface area (Å²) in [7, 11) is 0. The zero-order valence-corrected chi connectivity index (χ0v) is 13.4. The topological polar surface area (TPSA) is 72.8 Å². The lowest BCUT2D eigenvalue weighted by Crippen LogP contribution is -2.67. The Morgan fingerprint density at radius 2 is 2.14 bits per heavy atom. The van der Waals surface area contributed by atoms with Crippen molar-refractivity contribution in [1.82, 2.24) is 0 Å². The van der Waals surface area contributed by atoms with Gasteiger partial charge in [0, 0.05) is 18.3 Å². The molecular formula is C17H24O5. The van der Waals surface area contributed by atoms with Crippen molar-refractivity contribution >= 4 is 11.9 Å². The van der Waals surface area contributed by atoms with Crippen LogP contribution in [0.3, 0.4) is 0 Å². The number of aliphatic hydroxyl groups is 1. The Bertz CT molecular complexity index is 541. The maximum atomic E-state index is 12.0. The molecule has 2 saturated carbocycles. The van der Waals surface area contributed by atoms with E-state index in [1.165, 1.54) is 6.92 Å². The summed E-state index contributed by atoms with van der Waals surface area (Å²) in [6.07, 6.45) is 1.72. The molecule has 0 aromatic carbocycles. The highest BCUT2D eigenvalue weighted by Crippen LogP contribution is 2.60. The average Bonchev–Trinajstić information content (AvgIpc) is 2.73. The number of hydrogen-bond acceptors (Lipinski definition) is 5. The van der Waals surface area contributed by atoms with Crippen molar-refractivity contribution in [2.24, 2.45) is 17.3 Å². The zero-order chi connectivity index (χ0) is 16.3. The number of ether oxygens (including phenoxy) is 2. The molecule has 5 heteroatoms. The van der Waals surface area contributed by atoms with Gasteiger partial charge in [-0.1, -0.05) is 20.4 Å². The van der Waals surface area contributed by atoms with Gasteiger partial charge < -0.3 is 14.6 Å². The fourth-order valence-corrected chi connectivity index (χ4v) is 4.75. The van der Waals surface area contributed by atoms with Gasteiger partial charge in [-0.25, -0.2) is 0 Å². The van der Waals surface area contributed by atoms with E-state index in [2.05, 4.69) is 6.58 Å². The Balaban J connectivity index is 2.03. The Morgan fingerprint density at radius 3 is 2.77 bits per heavy atom. The molecule has 6 atom stereocenters. The summed E-state index contributed by atoms with van der Waals surface area (Å²) in [4.78, 5) is 23.4. The highest BCUT2D eigenvalue weighted by Gasteiger charge is 2.68. The highest BCUT2D eigenvalue weighted by atomic mass is 16.6. The molecule has 3 rings (SSSR count). The third-order valence-electron chi connectivity index (χ3n) is 6.19. The van der Waals surface area contributed by atoms with Gasteiger partial charge in [-0.2, -0.15) is 0 Å². The second-order valence-electron chi connectivity index (χ2n) is 7.27. The number of carbonyl (C=O) groups excluding carboxylic acids is 2. The molecule has 0 aromatic rings. The van der Waals surface area contributed by atoms with Crippen LogP contribution in [0.25, 0.3) is 0 Å². The molecule has 0 amide bonds. The molecule has 1 heterocycles. The minimum absolute atomic E-state index is 0.00148. The van der Waals surface area contributed by atoms with Gasteiger partial charge in [0.15, 0.2) is 0 Å². The van der Waals surface area contributed by atoms with E-state index in [1.807, 2.05) is 13.8 Å². The van der Waals surface area contributed by atoms with Crippen molar-refractivity contribution in [3.05, 3.63) is 12.2 Å². The van der Waals surface area contributed by atoms with E-state index in [-0.39, 0.29) is 29.9 Å². The smallest absolute Gasteiger partial charge is 0.309 e. The van der Waals surface area contributed by atoms with E-state index in [4.69, 9.17) is 9.47 Å². The molecule has 0 unspecified atom stereocenters. The Morgan fingerprint density at radius 1 is 1.45 bits per heavy atom. The van der Waals surface area contributed by atoms with Crippen molar-refractivity contribution < 1.29 is 24.2 Å². The maximum absolute atomic E-state index is 12.0.